The molecule has 0 aromatic heterocycles. The van der Waals surface area contributed by atoms with Crippen LogP contribution in [0, 0.1) is 7.05 Å². The van der Waals surface area contributed by atoms with Crippen LogP contribution in [0.4, 0.5) is 0 Å². The van der Waals surface area contributed by atoms with Gasteiger partial charge in [0.25, 0.3) is 0 Å². The van der Waals surface area contributed by atoms with E-state index in [1.54, 1.807) is 0 Å². The van der Waals surface area contributed by atoms with Crippen LogP contribution in [0.1, 0.15) is 12.0 Å². The molecule has 2 nitrogen and oxygen atoms in total. The molecule has 2 rings (SSSR count). The molecule has 0 bridgehead atoms. The molecule has 0 saturated carbocycles. The average Bonchev–Trinajstić information content (AvgIpc) is 2.63. The molecule has 1 fully saturated rings. The molecule has 0 amide bonds. The minimum absolute atomic E-state index is 0.0803. The minimum atomic E-state index is -0.0803. The third-order valence-corrected chi connectivity index (χ3v) is 3.12. The first-order chi connectivity index (χ1) is 6.77. The van der Waals surface area contributed by atoms with Crippen molar-refractivity contribution in [3.8, 4) is 0 Å². The number of aliphatic hydroxyl groups excluding tert-OH is 1. The van der Waals surface area contributed by atoms with E-state index in [-0.39, 0.29) is 12.0 Å². The second-order valence-corrected chi connectivity index (χ2v) is 4.11. The van der Waals surface area contributed by atoms with Crippen LogP contribution in [0.15, 0.2) is 30.3 Å². The van der Waals surface area contributed by atoms with Crippen LogP contribution in [-0.4, -0.2) is 29.7 Å². The Labute approximate surface area is 85.2 Å². The highest BCUT2D eigenvalue weighted by atomic mass is 16.3. The summed E-state index contributed by atoms with van der Waals surface area (Å²) in [4.78, 5) is 2.03. The molecule has 1 aliphatic rings. The molecule has 0 aliphatic carbocycles. The summed E-state index contributed by atoms with van der Waals surface area (Å²) < 4.78 is 0. The standard InChI is InChI=1S/C12H16NO/c1-13-8-7-12(9-13,10-14)11-5-3-2-4-6-11/h2-6,14H,1,7-10H2/q-1. The van der Waals surface area contributed by atoms with Crippen LogP contribution in [-0.2, 0) is 5.41 Å². The second-order valence-electron chi connectivity index (χ2n) is 4.11. The summed E-state index contributed by atoms with van der Waals surface area (Å²) in [5.74, 6) is 0. The fraction of sp³-hybridized carbons (Fsp3) is 0.417. The highest BCUT2D eigenvalue weighted by molar-refractivity contribution is 5.27. The second kappa shape index (κ2) is 3.71. The van der Waals surface area contributed by atoms with Crippen molar-refractivity contribution in [1.29, 1.82) is 0 Å². The average molecular weight is 190 g/mol. The van der Waals surface area contributed by atoms with Gasteiger partial charge in [-0.1, -0.05) is 30.3 Å². The van der Waals surface area contributed by atoms with Crippen molar-refractivity contribution < 1.29 is 5.11 Å². The number of benzene rings is 1. The molecule has 1 aromatic rings. The normalized spacial score (nSPS) is 28.1. The molecular formula is C12H16NO-. The van der Waals surface area contributed by atoms with Crippen LogP contribution in [0.25, 0.3) is 0 Å². The van der Waals surface area contributed by atoms with Crippen molar-refractivity contribution in [2.24, 2.45) is 0 Å². The van der Waals surface area contributed by atoms with E-state index < -0.39 is 0 Å². The lowest BCUT2D eigenvalue weighted by atomic mass is 9.80. The lowest BCUT2D eigenvalue weighted by molar-refractivity contribution is 0.197. The van der Waals surface area contributed by atoms with Gasteiger partial charge in [0.2, 0.25) is 0 Å². The van der Waals surface area contributed by atoms with Crippen LogP contribution in [0.3, 0.4) is 0 Å². The first-order valence-corrected chi connectivity index (χ1v) is 4.99. The van der Waals surface area contributed by atoms with E-state index in [9.17, 15) is 5.11 Å². The van der Waals surface area contributed by atoms with E-state index in [1.807, 2.05) is 23.1 Å². The molecule has 1 unspecified atom stereocenters. The van der Waals surface area contributed by atoms with Crippen molar-refractivity contribution >= 4 is 0 Å². The summed E-state index contributed by atoms with van der Waals surface area (Å²) in [6.07, 6.45) is 0.997. The topological polar surface area (TPSA) is 23.5 Å². The number of aliphatic hydroxyl groups is 1. The minimum Gasteiger partial charge on any atom is -0.458 e. The Morgan fingerprint density at radius 1 is 1.36 bits per heavy atom. The molecule has 1 heterocycles. The van der Waals surface area contributed by atoms with Crippen LogP contribution in [0.5, 0.6) is 0 Å². The van der Waals surface area contributed by atoms with Crippen molar-refractivity contribution in [2.75, 3.05) is 19.7 Å². The highest BCUT2D eigenvalue weighted by Gasteiger charge is 2.35. The predicted molar refractivity (Wildman–Crippen MR) is 56.8 cm³/mol. The lowest BCUT2D eigenvalue weighted by Crippen LogP contribution is -2.33. The van der Waals surface area contributed by atoms with E-state index in [0.29, 0.717) is 0 Å². The maximum Gasteiger partial charge on any atom is 0.0539 e. The Bertz CT molecular complexity index is 298. The maximum atomic E-state index is 9.53. The maximum absolute atomic E-state index is 9.53. The summed E-state index contributed by atoms with van der Waals surface area (Å²) >= 11 is 0. The number of rotatable bonds is 2. The molecule has 1 atom stereocenters. The molecule has 1 aromatic carbocycles. The Kier molecular flexibility index (Phi) is 2.57. The van der Waals surface area contributed by atoms with Gasteiger partial charge in [0.1, 0.15) is 0 Å². The third kappa shape index (κ3) is 1.56. The molecule has 1 N–H and O–H groups in total. The molecule has 14 heavy (non-hydrogen) atoms. The van der Waals surface area contributed by atoms with Gasteiger partial charge < -0.3 is 10.0 Å². The van der Waals surface area contributed by atoms with Gasteiger partial charge in [-0.2, -0.15) is 0 Å². The Morgan fingerprint density at radius 2 is 2.07 bits per heavy atom. The zero-order chi connectivity index (χ0) is 10.0. The van der Waals surface area contributed by atoms with Crippen molar-refractivity contribution in [3.05, 3.63) is 42.9 Å². The van der Waals surface area contributed by atoms with Crippen LogP contribution < -0.4 is 0 Å². The van der Waals surface area contributed by atoms with Gasteiger partial charge in [-0.3, -0.25) is 7.05 Å². The zero-order valence-electron chi connectivity index (χ0n) is 8.32. The summed E-state index contributed by atoms with van der Waals surface area (Å²) in [6, 6.07) is 10.2. The fourth-order valence-corrected chi connectivity index (χ4v) is 2.21. The molecule has 1 aliphatic heterocycles. The largest absolute Gasteiger partial charge is 0.458 e. The van der Waals surface area contributed by atoms with Crippen molar-refractivity contribution in [3.63, 3.8) is 0 Å². The van der Waals surface area contributed by atoms with E-state index in [4.69, 9.17) is 0 Å². The van der Waals surface area contributed by atoms with Gasteiger partial charge in [0.05, 0.1) is 6.61 Å². The van der Waals surface area contributed by atoms with Gasteiger partial charge in [0, 0.05) is 5.41 Å². The SMILES string of the molecule is [CH2-]N1CCC(CO)(c2ccccc2)C1. The Hall–Kier alpha value is -0.860. The first-order valence-electron chi connectivity index (χ1n) is 4.99. The van der Waals surface area contributed by atoms with E-state index >= 15 is 0 Å². The van der Waals surface area contributed by atoms with Gasteiger partial charge in [-0.15, -0.1) is 0 Å². The smallest absolute Gasteiger partial charge is 0.0539 e. The Balaban J connectivity index is 2.30. The lowest BCUT2D eigenvalue weighted by Gasteiger charge is -2.29. The molecule has 76 valence electrons. The molecule has 0 spiro atoms. The van der Waals surface area contributed by atoms with Gasteiger partial charge in [-0.05, 0) is 25.1 Å². The van der Waals surface area contributed by atoms with Crippen molar-refractivity contribution in [2.45, 2.75) is 11.8 Å². The first kappa shape index (κ1) is 9.69. The third-order valence-electron chi connectivity index (χ3n) is 3.12. The monoisotopic (exact) mass is 190 g/mol. The molecule has 1 saturated heterocycles. The highest BCUT2D eigenvalue weighted by Crippen LogP contribution is 2.33. The molecule has 2 heteroatoms. The van der Waals surface area contributed by atoms with E-state index in [0.717, 1.165) is 19.5 Å². The summed E-state index contributed by atoms with van der Waals surface area (Å²) in [7, 11) is 3.93. The van der Waals surface area contributed by atoms with E-state index in [2.05, 4.69) is 19.2 Å². The quantitative estimate of drug-likeness (QED) is 0.713. The van der Waals surface area contributed by atoms with Gasteiger partial charge in [0.15, 0.2) is 0 Å². The van der Waals surface area contributed by atoms with Gasteiger partial charge in [-0.25, -0.2) is 0 Å². The summed E-state index contributed by atoms with van der Waals surface area (Å²) in [5.41, 5.74) is 1.15. The Morgan fingerprint density at radius 3 is 2.57 bits per heavy atom. The van der Waals surface area contributed by atoms with Gasteiger partial charge >= 0.3 is 0 Å². The van der Waals surface area contributed by atoms with Crippen LogP contribution in [0.2, 0.25) is 0 Å². The number of likely N-dealkylation sites (tertiary alicyclic amines) is 1. The zero-order valence-corrected chi connectivity index (χ0v) is 8.32. The molecular weight excluding hydrogens is 174 g/mol. The number of hydrogen-bond acceptors (Lipinski definition) is 2. The van der Waals surface area contributed by atoms with Crippen molar-refractivity contribution in [1.82, 2.24) is 4.90 Å². The molecule has 0 radical (unpaired) electrons. The number of nitrogens with zero attached hydrogens (tertiary/aromatic N) is 1. The van der Waals surface area contributed by atoms with Crippen LogP contribution >= 0.6 is 0 Å². The predicted octanol–water partition coefficient (Wildman–Crippen LogP) is 1.41. The summed E-state index contributed by atoms with van der Waals surface area (Å²) in [6.45, 7) is 2.03. The summed E-state index contributed by atoms with van der Waals surface area (Å²) in [5, 5.41) is 9.53. The fourth-order valence-electron chi connectivity index (χ4n) is 2.21. The van der Waals surface area contributed by atoms with E-state index in [1.165, 1.54) is 5.56 Å². The number of hydrogen-bond donors (Lipinski definition) is 1.